The minimum Gasteiger partial charge on any atom is -0.0967 e. The van der Waals surface area contributed by atoms with Crippen molar-refractivity contribution in [2.24, 2.45) is 0 Å². The maximum Gasteiger partial charge on any atom is 0.261 e. The first-order valence-corrected chi connectivity index (χ1v) is 5.80. The van der Waals surface area contributed by atoms with E-state index in [4.69, 9.17) is 0 Å². The van der Waals surface area contributed by atoms with Crippen LogP contribution in [-0.2, 0) is 22.4 Å². The molecule has 0 saturated heterocycles. The quantitative estimate of drug-likeness (QED) is 0.624. The van der Waals surface area contributed by atoms with Crippen LogP contribution in [0.3, 0.4) is 0 Å². The fourth-order valence-corrected chi connectivity index (χ4v) is 2.60. The summed E-state index contributed by atoms with van der Waals surface area (Å²) in [4.78, 5) is 0. The molecular formula is C6H15AlNb. The van der Waals surface area contributed by atoms with Crippen LogP contribution < -0.4 is 0 Å². The van der Waals surface area contributed by atoms with E-state index in [9.17, 15) is 0 Å². The average molecular weight is 207 g/mol. The van der Waals surface area contributed by atoms with Gasteiger partial charge in [-0.3, -0.25) is 0 Å². The minimum absolute atomic E-state index is 0. The van der Waals surface area contributed by atoms with E-state index < -0.39 is 0 Å². The van der Waals surface area contributed by atoms with Crippen LogP contribution in [0, 0.1) is 0 Å². The first-order valence-electron chi connectivity index (χ1n) is 3.35. The predicted octanol–water partition coefficient (Wildman–Crippen LogP) is 2.54. The third kappa shape index (κ3) is 5.41. The van der Waals surface area contributed by atoms with Gasteiger partial charge in [0, 0.05) is 22.4 Å². The first-order chi connectivity index (χ1) is 3.35. The van der Waals surface area contributed by atoms with Crippen LogP contribution in [-0.4, -0.2) is 14.1 Å². The Bertz CT molecular complexity index is 30.0. The zero-order valence-electron chi connectivity index (χ0n) is 6.15. The van der Waals surface area contributed by atoms with Gasteiger partial charge in [-0.15, -0.1) is 0 Å². The molecule has 0 heterocycles. The zero-order valence-corrected chi connectivity index (χ0v) is 9.50. The number of hydrogen-bond acceptors (Lipinski definition) is 0. The summed E-state index contributed by atoms with van der Waals surface area (Å²) in [6.07, 6.45) is 0. The normalized spacial score (nSPS) is 7.88. The third-order valence-corrected chi connectivity index (χ3v) is 5.20. The molecule has 1 radical (unpaired) electrons. The van der Waals surface area contributed by atoms with Crippen molar-refractivity contribution in [1.29, 1.82) is 0 Å². The standard InChI is InChI=1S/3C2H5.Al.Nb/c3*1-2;;/h3*1H2,2H3;;. The van der Waals surface area contributed by atoms with Gasteiger partial charge in [-0.2, -0.15) is 0 Å². The summed E-state index contributed by atoms with van der Waals surface area (Å²) in [6, 6.07) is 0. The molecule has 0 nitrogen and oxygen atoms in total. The van der Waals surface area contributed by atoms with Crippen LogP contribution >= 0.6 is 0 Å². The van der Waals surface area contributed by atoms with Crippen molar-refractivity contribution in [3.8, 4) is 0 Å². The van der Waals surface area contributed by atoms with Gasteiger partial charge in [0.25, 0.3) is 14.1 Å². The minimum atomic E-state index is -0.171. The molecular weight excluding hydrogens is 192 g/mol. The molecule has 0 aliphatic heterocycles. The van der Waals surface area contributed by atoms with Crippen molar-refractivity contribution < 1.29 is 22.4 Å². The monoisotopic (exact) mass is 207 g/mol. The van der Waals surface area contributed by atoms with Gasteiger partial charge in [0.05, 0.1) is 0 Å². The Morgan fingerprint density at radius 2 is 1.12 bits per heavy atom. The maximum absolute atomic E-state index is 2.32. The van der Waals surface area contributed by atoms with Gasteiger partial charge in [0.2, 0.25) is 0 Å². The summed E-state index contributed by atoms with van der Waals surface area (Å²) < 4.78 is 0. The Hall–Kier alpha value is 1.27. The van der Waals surface area contributed by atoms with Gasteiger partial charge < -0.3 is 0 Å². The zero-order chi connectivity index (χ0) is 5.70. The summed E-state index contributed by atoms with van der Waals surface area (Å²) in [5, 5.41) is 4.48. The Balaban J connectivity index is 0. The summed E-state index contributed by atoms with van der Waals surface area (Å²) in [5.74, 6) is 0. The second kappa shape index (κ2) is 8.27. The van der Waals surface area contributed by atoms with Crippen molar-refractivity contribution in [1.82, 2.24) is 0 Å². The summed E-state index contributed by atoms with van der Waals surface area (Å²) in [7, 11) is 0. The fourth-order valence-electron chi connectivity index (χ4n) is 0.866. The van der Waals surface area contributed by atoms with Crippen molar-refractivity contribution in [2.75, 3.05) is 0 Å². The largest absolute Gasteiger partial charge is 0.261 e. The van der Waals surface area contributed by atoms with Crippen molar-refractivity contribution in [3.05, 3.63) is 0 Å². The summed E-state index contributed by atoms with van der Waals surface area (Å²) >= 11 is -0.171. The molecule has 8 heavy (non-hydrogen) atoms. The second-order valence-electron chi connectivity index (χ2n) is 2.09. The molecule has 0 saturated carbocycles. The van der Waals surface area contributed by atoms with E-state index in [2.05, 4.69) is 20.8 Å². The molecule has 0 bridgehead atoms. The van der Waals surface area contributed by atoms with E-state index in [1.54, 1.807) is 0 Å². The molecule has 0 N–H and O–H groups in total. The van der Waals surface area contributed by atoms with E-state index in [1.807, 2.05) is 0 Å². The Labute approximate surface area is 72.9 Å². The fraction of sp³-hybridized carbons (Fsp3) is 1.00. The molecule has 0 aliphatic carbocycles. The van der Waals surface area contributed by atoms with Crippen LogP contribution in [0.2, 0.25) is 15.8 Å². The summed E-state index contributed by atoms with van der Waals surface area (Å²) in [5.41, 5.74) is 0. The Kier molecular flexibility index (Phi) is 12.4. The number of hydrogen-bond donors (Lipinski definition) is 0. The van der Waals surface area contributed by atoms with Crippen molar-refractivity contribution in [3.63, 3.8) is 0 Å². The van der Waals surface area contributed by atoms with Gasteiger partial charge in [-0.05, 0) is 0 Å². The van der Waals surface area contributed by atoms with Crippen LogP contribution in [0.15, 0.2) is 0 Å². The van der Waals surface area contributed by atoms with Gasteiger partial charge in [0.15, 0.2) is 0 Å². The predicted molar refractivity (Wildman–Crippen MR) is 37.2 cm³/mol. The summed E-state index contributed by atoms with van der Waals surface area (Å²) in [6.45, 7) is 6.97. The smallest absolute Gasteiger partial charge is 0.0967 e. The molecule has 0 aromatic carbocycles. The van der Waals surface area contributed by atoms with E-state index in [-0.39, 0.29) is 36.5 Å². The molecule has 0 atom stereocenters. The molecule has 0 rings (SSSR count). The maximum atomic E-state index is 2.32. The van der Waals surface area contributed by atoms with Gasteiger partial charge in [-0.1, -0.05) is 36.6 Å². The Morgan fingerprint density at radius 1 is 0.875 bits per heavy atom. The molecule has 0 aliphatic rings. The van der Waals surface area contributed by atoms with E-state index in [0.717, 1.165) is 0 Å². The van der Waals surface area contributed by atoms with Crippen LogP contribution in [0.5, 0.6) is 0 Å². The molecule has 0 spiro atoms. The van der Waals surface area contributed by atoms with Crippen LogP contribution in [0.4, 0.5) is 0 Å². The average Bonchev–Trinajstić information content (AvgIpc) is 1.72. The van der Waals surface area contributed by atoms with E-state index >= 15 is 0 Å². The third-order valence-electron chi connectivity index (χ3n) is 1.73. The molecule has 0 fully saturated rings. The first kappa shape index (κ1) is 12.0. The van der Waals surface area contributed by atoms with Crippen molar-refractivity contribution in [2.45, 2.75) is 36.6 Å². The number of rotatable bonds is 3. The molecule has 2 heteroatoms. The molecule has 0 amide bonds. The van der Waals surface area contributed by atoms with Gasteiger partial charge in [0.1, 0.15) is 0 Å². The second-order valence-corrected chi connectivity index (χ2v) is 6.27. The molecule has 47 valence electrons. The molecule has 0 unspecified atom stereocenters. The Morgan fingerprint density at radius 3 is 1.12 bits per heavy atom. The molecule has 0 aromatic heterocycles. The topological polar surface area (TPSA) is 0 Å². The molecule has 0 aromatic rings. The van der Waals surface area contributed by atoms with E-state index in [1.165, 1.54) is 15.8 Å². The van der Waals surface area contributed by atoms with Gasteiger partial charge >= 0.3 is 0 Å². The van der Waals surface area contributed by atoms with Crippen molar-refractivity contribution >= 4 is 14.1 Å². The SMILES string of the molecule is C[CH2][Al]([CH2]C)[CH2]C.[Nb]. The van der Waals surface area contributed by atoms with Crippen LogP contribution in [0.1, 0.15) is 20.8 Å². The van der Waals surface area contributed by atoms with E-state index in [0.29, 0.717) is 0 Å². The van der Waals surface area contributed by atoms with Crippen LogP contribution in [0.25, 0.3) is 0 Å². The van der Waals surface area contributed by atoms with Gasteiger partial charge in [-0.25, -0.2) is 0 Å².